The van der Waals surface area contributed by atoms with Crippen molar-refractivity contribution in [2.75, 3.05) is 13.7 Å². The predicted octanol–water partition coefficient (Wildman–Crippen LogP) is 0.840. The summed E-state index contributed by atoms with van der Waals surface area (Å²) in [6.45, 7) is 5.99. The molecular formula is C10H20N2O2S. The maximum absolute atomic E-state index is 11.7. The van der Waals surface area contributed by atoms with Gasteiger partial charge in [0.25, 0.3) is 5.91 Å². The van der Waals surface area contributed by atoms with Crippen molar-refractivity contribution in [1.82, 2.24) is 5.32 Å². The molecular weight excluding hydrogens is 212 g/mol. The van der Waals surface area contributed by atoms with Gasteiger partial charge in [-0.05, 0) is 13.3 Å². The van der Waals surface area contributed by atoms with Crippen LogP contribution in [-0.2, 0) is 9.53 Å². The van der Waals surface area contributed by atoms with E-state index in [1.165, 1.54) is 7.11 Å². The van der Waals surface area contributed by atoms with Gasteiger partial charge >= 0.3 is 0 Å². The largest absolute Gasteiger partial charge is 0.393 e. The highest BCUT2D eigenvalue weighted by molar-refractivity contribution is 7.80. The molecule has 4 nitrogen and oxygen atoms in total. The van der Waals surface area contributed by atoms with Crippen molar-refractivity contribution < 1.29 is 9.53 Å². The van der Waals surface area contributed by atoms with E-state index < -0.39 is 5.60 Å². The van der Waals surface area contributed by atoms with Crippen molar-refractivity contribution in [3.63, 3.8) is 0 Å². The zero-order chi connectivity index (χ0) is 12.1. The molecule has 0 aliphatic carbocycles. The van der Waals surface area contributed by atoms with Gasteiger partial charge in [0.05, 0.1) is 4.99 Å². The third-order valence-electron chi connectivity index (χ3n) is 2.66. The van der Waals surface area contributed by atoms with Gasteiger partial charge in [0.15, 0.2) is 0 Å². The van der Waals surface area contributed by atoms with E-state index in [0.29, 0.717) is 18.0 Å². The Hall–Kier alpha value is -0.680. The molecule has 1 amide bonds. The standard InChI is InChI=1S/C10H20N2O2S/c1-5-10(3,14-4)9(13)12-6-7(2)8(11)15/h7H,5-6H2,1-4H3,(H2,11,15)(H,12,13). The number of hydrogen-bond donors (Lipinski definition) is 2. The molecule has 0 fully saturated rings. The fraction of sp³-hybridized carbons (Fsp3) is 0.800. The molecule has 0 bridgehead atoms. The Morgan fingerprint density at radius 1 is 1.67 bits per heavy atom. The zero-order valence-corrected chi connectivity index (χ0v) is 10.6. The lowest BCUT2D eigenvalue weighted by Crippen LogP contribution is -2.47. The Morgan fingerprint density at radius 2 is 2.20 bits per heavy atom. The van der Waals surface area contributed by atoms with Crippen molar-refractivity contribution in [2.24, 2.45) is 11.7 Å². The fourth-order valence-electron chi connectivity index (χ4n) is 0.931. The second kappa shape index (κ2) is 6.02. The van der Waals surface area contributed by atoms with Gasteiger partial charge in [-0.1, -0.05) is 26.1 Å². The third-order valence-corrected chi connectivity index (χ3v) is 3.06. The summed E-state index contributed by atoms with van der Waals surface area (Å²) in [6, 6.07) is 0. The average Bonchev–Trinajstić information content (AvgIpc) is 2.23. The second-order valence-electron chi connectivity index (χ2n) is 3.80. The van der Waals surface area contributed by atoms with Gasteiger partial charge in [0.1, 0.15) is 5.60 Å². The number of carbonyl (C=O) groups is 1. The molecule has 5 heteroatoms. The van der Waals surface area contributed by atoms with E-state index in [1.807, 2.05) is 13.8 Å². The SMILES string of the molecule is CCC(C)(OC)C(=O)NCC(C)C(N)=S. The van der Waals surface area contributed by atoms with E-state index in [-0.39, 0.29) is 11.8 Å². The summed E-state index contributed by atoms with van der Waals surface area (Å²) in [6.07, 6.45) is 0.622. The topological polar surface area (TPSA) is 64.3 Å². The van der Waals surface area contributed by atoms with Gasteiger partial charge in [-0.3, -0.25) is 4.79 Å². The molecule has 0 radical (unpaired) electrons. The summed E-state index contributed by atoms with van der Waals surface area (Å²) in [4.78, 5) is 12.1. The highest BCUT2D eigenvalue weighted by atomic mass is 32.1. The van der Waals surface area contributed by atoms with Crippen LogP contribution in [0.15, 0.2) is 0 Å². The molecule has 2 unspecified atom stereocenters. The van der Waals surface area contributed by atoms with Crippen LogP contribution in [0.5, 0.6) is 0 Å². The smallest absolute Gasteiger partial charge is 0.251 e. The minimum atomic E-state index is -0.768. The van der Waals surface area contributed by atoms with Gasteiger partial charge < -0.3 is 15.8 Å². The predicted molar refractivity (Wildman–Crippen MR) is 64.7 cm³/mol. The lowest BCUT2D eigenvalue weighted by molar-refractivity contribution is -0.141. The average molecular weight is 232 g/mol. The lowest BCUT2D eigenvalue weighted by atomic mass is 10.0. The first-order valence-corrected chi connectivity index (χ1v) is 5.41. The monoisotopic (exact) mass is 232 g/mol. The van der Waals surface area contributed by atoms with Gasteiger partial charge in [-0.15, -0.1) is 0 Å². The molecule has 88 valence electrons. The molecule has 0 aromatic heterocycles. The highest BCUT2D eigenvalue weighted by Gasteiger charge is 2.30. The normalized spacial score (nSPS) is 16.5. The van der Waals surface area contributed by atoms with E-state index >= 15 is 0 Å². The van der Waals surface area contributed by atoms with E-state index in [9.17, 15) is 4.79 Å². The molecule has 0 saturated heterocycles. The summed E-state index contributed by atoms with van der Waals surface area (Å²) in [5, 5.41) is 2.77. The number of hydrogen-bond acceptors (Lipinski definition) is 3. The van der Waals surface area contributed by atoms with E-state index in [1.54, 1.807) is 6.92 Å². The lowest BCUT2D eigenvalue weighted by Gasteiger charge is -2.25. The number of thiocarbonyl (C=S) groups is 1. The second-order valence-corrected chi connectivity index (χ2v) is 4.27. The van der Waals surface area contributed by atoms with Crippen LogP contribution < -0.4 is 11.1 Å². The summed E-state index contributed by atoms with van der Waals surface area (Å²) >= 11 is 4.82. The van der Waals surface area contributed by atoms with Crippen LogP contribution in [0, 0.1) is 5.92 Å². The fourth-order valence-corrected chi connectivity index (χ4v) is 1.01. The molecule has 0 aliphatic heterocycles. The first kappa shape index (κ1) is 14.3. The van der Waals surface area contributed by atoms with Crippen LogP contribution in [0.3, 0.4) is 0 Å². The zero-order valence-electron chi connectivity index (χ0n) is 9.79. The van der Waals surface area contributed by atoms with Crippen LogP contribution in [0.2, 0.25) is 0 Å². The van der Waals surface area contributed by atoms with Crippen LogP contribution >= 0.6 is 12.2 Å². The minimum absolute atomic E-state index is 0.00177. The Kier molecular flexibility index (Phi) is 5.75. The van der Waals surface area contributed by atoms with E-state index in [4.69, 9.17) is 22.7 Å². The molecule has 0 spiro atoms. The number of ether oxygens (including phenoxy) is 1. The molecule has 15 heavy (non-hydrogen) atoms. The van der Waals surface area contributed by atoms with Gasteiger partial charge in [-0.2, -0.15) is 0 Å². The maximum Gasteiger partial charge on any atom is 0.251 e. The first-order chi connectivity index (χ1) is 6.87. The molecule has 0 aromatic rings. The number of rotatable bonds is 6. The van der Waals surface area contributed by atoms with Crippen molar-refractivity contribution >= 4 is 23.1 Å². The van der Waals surface area contributed by atoms with Crippen molar-refractivity contribution in [1.29, 1.82) is 0 Å². The third kappa shape index (κ3) is 4.13. The molecule has 3 N–H and O–H groups in total. The van der Waals surface area contributed by atoms with Gasteiger partial charge in [0.2, 0.25) is 0 Å². The Labute approximate surface area is 96.5 Å². The number of amides is 1. The van der Waals surface area contributed by atoms with Crippen LogP contribution in [-0.4, -0.2) is 30.2 Å². The van der Waals surface area contributed by atoms with Crippen LogP contribution in [0.25, 0.3) is 0 Å². The number of methoxy groups -OCH3 is 1. The molecule has 0 aromatic carbocycles. The molecule has 0 heterocycles. The van der Waals surface area contributed by atoms with Crippen LogP contribution in [0.1, 0.15) is 27.2 Å². The maximum atomic E-state index is 11.7. The van der Waals surface area contributed by atoms with Gasteiger partial charge in [0, 0.05) is 19.6 Å². The van der Waals surface area contributed by atoms with Crippen molar-refractivity contribution in [3.8, 4) is 0 Å². The number of carbonyl (C=O) groups excluding carboxylic acids is 1. The Bertz CT molecular complexity index is 240. The van der Waals surface area contributed by atoms with Crippen LogP contribution in [0.4, 0.5) is 0 Å². The van der Waals surface area contributed by atoms with Crippen molar-refractivity contribution in [3.05, 3.63) is 0 Å². The molecule has 2 atom stereocenters. The Balaban J connectivity index is 4.19. The van der Waals surface area contributed by atoms with E-state index in [2.05, 4.69) is 5.32 Å². The summed E-state index contributed by atoms with van der Waals surface area (Å²) in [5.41, 5.74) is 4.68. The first-order valence-electron chi connectivity index (χ1n) is 5.00. The summed E-state index contributed by atoms with van der Waals surface area (Å²) in [7, 11) is 1.53. The quantitative estimate of drug-likeness (QED) is 0.666. The van der Waals surface area contributed by atoms with Gasteiger partial charge in [-0.25, -0.2) is 0 Å². The molecule has 0 saturated carbocycles. The summed E-state index contributed by atoms with van der Waals surface area (Å²) in [5.74, 6) is -0.127. The molecule has 0 aliphatic rings. The summed E-state index contributed by atoms with van der Waals surface area (Å²) < 4.78 is 5.17. The number of nitrogens with one attached hydrogen (secondary N) is 1. The Morgan fingerprint density at radius 3 is 2.53 bits per heavy atom. The minimum Gasteiger partial charge on any atom is -0.393 e. The van der Waals surface area contributed by atoms with E-state index in [0.717, 1.165) is 0 Å². The molecule has 0 rings (SSSR count). The van der Waals surface area contributed by atoms with Crippen molar-refractivity contribution in [2.45, 2.75) is 32.8 Å². The highest BCUT2D eigenvalue weighted by Crippen LogP contribution is 2.13. The number of nitrogens with two attached hydrogens (primary N) is 1.